The van der Waals surface area contributed by atoms with Crippen molar-refractivity contribution in [2.75, 3.05) is 0 Å². The number of rotatable bonds is 5. The number of ether oxygens (including phenoxy) is 1. The number of nitrogens with zero attached hydrogens (tertiary/aromatic N) is 2. The molecule has 0 aliphatic heterocycles. The third-order valence-electron chi connectivity index (χ3n) is 2.90. The van der Waals surface area contributed by atoms with Crippen molar-refractivity contribution in [1.82, 2.24) is 0 Å². The highest BCUT2D eigenvalue weighted by molar-refractivity contribution is 5.97. The van der Waals surface area contributed by atoms with Gasteiger partial charge in [-0.15, -0.1) is 0 Å². The van der Waals surface area contributed by atoms with Gasteiger partial charge in [0.2, 0.25) is 5.75 Å². The SMILES string of the molecule is O=C(Oc1c(C(=O)O)cc([N+](=O)[O-])cc1[N+](=O)[O-])c1ccccc1. The number of nitro benzene ring substituents is 2. The largest absolute Gasteiger partial charge is 0.478 e. The van der Waals surface area contributed by atoms with E-state index in [9.17, 15) is 29.8 Å². The molecule has 10 heteroatoms. The highest BCUT2D eigenvalue weighted by Crippen LogP contribution is 2.36. The Balaban J connectivity index is 2.58. The van der Waals surface area contributed by atoms with Crippen LogP contribution in [0.2, 0.25) is 0 Å². The maximum absolute atomic E-state index is 12.0. The zero-order valence-electron chi connectivity index (χ0n) is 11.7. The van der Waals surface area contributed by atoms with E-state index in [1.807, 2.05) is 0 Å². The smallest absolute Gasteiger partial charge is 0.343 e. The number of carboxylic acids is 1. The Morgan fingerprint density at radius 1 is 1.00 bits per heavy atom. The number of esters is 1. The summed E-state index contributed by atoms with van der Waals surface area (Å²) in [5.41, 5.74) is -2.63. The molecule has 2 rings (SSSR count). The van der Waals surface area contributed by atoms with Gasteiger partial charge in [0.15, 0.2) is 0 Å². The molecule has 1 N–H and O–H groups in total. The summed E-state index contributed by atoms with van der Waals surface area (Å²) >= 11 is 0. The van der Waals surface area contributed by atoms with Gasteiger partial charge in [0.05, 0.1) is 21.5 Å². The molecule has 0 fully saturated rings. The standard InChI is InChI=1S/C14H8N2O8/c17-13(18)10-6-9(15(20)21)7-11(16(22)23)12(10)24-14(19)8-4-2-1-3-5-8/h1-7H,(H,17,18). The summed E-state index contributed by atoms with van der Waals surface area (Å²) in [6.45, 7) is 0. The Morgan fingerprint density at radius 2 is 1.62 bits per heavy atom. The summed E-state index contributed by atoms with van der Waals surface area (Å²) in [6, 6.07) is 8.48. The second-order valence-electron chi connectivity index (χ2n) is 4.42. The predicted molar refractivity (Wildman–Crippen MR) is 78.1 cm³/mol. The molecule has 2 aromatic carbocycles. The molecule has 0 aliphatic rings. The molecule has 0 atom stereocenters. The Labute approximate surface area is 133 Å². The second kappa shape index (κ2) is 6.52. The number of hydrogen-bond donors (Lipinski definition) is 1. The average molecular weight is 332 g/mol. The maximum atomic E-state index is 12.0. The fourth-order valence-electron chi connectivity index (χ4n) is 1.83. The van der Waals surface area contributed by atoms with Gasteiger partial charge in [-0.25, -0.2) is 9.59 Å². The molecule has 0 unspecified atom stereocenters. The molecule has 122 valence electrons. The van der Waals surface area contributed by atoms with Gasteiger partial charge in [-0.2, -0.15) is 0 Å². The number of aromatic carboxylic acids is 1. The van der Waals surface area contributed by atoms with Crippen LogP contribution in [-0.4, -0.2) is 26.9 Å². The van der Waals surface area contributed by atoms with Crippen LogP contribution in [-0.2, 0) is 0 Å². The Bertz CT molecular complexity index is 812. The Kier molecular flexibility index (Phi) is 4.50. The predicted octanol–water partition coefficient (Wildman–Crippen LogP) is 2.42. The van der Waals surface area contributed by atoms with Crippen LogP contribution >= 0.6 is 0 Å². The number of nitro groups is 2. The van der Waals surface area contributed by atoms with E-state index < -0.39 is 44.5 Å². The van der Waals surface area contributed by atoms with Crippen molar-refractivity contribution in [2.24, 2.45) is 0 Å². The lowest BCUT2D eigenvalue weighted by molar-refractivity contribution is -0.394. The number of carboxylic acid groups (broad SMARTS) is 1. The van der Waals surface area contributed by atoms with Gasteiger partial charge in [0.25, 0.3) is 5.69 Å². The maximum Gasteiger partial charge on any atom is 0.343 e. The molecule has 0 radical (unpaired) electrons. The quantitative estimate of drug-likeness (QED) is 0.379. The highest BCUT2D eigenvalue weighted by atomic mass is 16.6. The lowest BCUT2D eigenvalue weighted by atomic mass is 10.1. The molecule has 0 saturated heterocycles. The van der Waals surface area contributed by atoms with Crippen molar-refractivity contribution in [3.8, 4) is 5.75 Å². The monoisotopic (exact) mass is 332 g/mol. The van der Waals surface area contributed by atoms with Crippen molar-refractivity contribution in [1.29, 1.82) is 0 Å². The molecule has 0 saturated carbocycles. The lowest BCUT2D eigenvalue weighted by Crippen LogP contribution is -2.13. The zero-order valence-corrected chi connectivity index (χ0v) is 11.7. The zero-order chi connectivity index (χ0) is 17.9. The van der Waals surface area contributed by atoms with Gasteiger partial charge in [-0.3, -0.25) is 20.2 Å². The number of non-ortho nitro benzene ring substituents is 1. The van der Waals surface area contributed by atoms with E-state index in [-0.39, 0.29) is 5.56 Å². The number of hydrogen-bond acceptors (Lipinski definition) is 7. The van der Waals surface area contributed by atoms with Gasteiger partial charge in [-0.05, 0) is 12.1 Å². The van der Waals surface area contributed by atoms with Crippen LogP contribution in [0.4, 0.5) is 11.4 Å². The van der Waals surface area contributed by atoms with Crippen LogP contribution in [0.15, 0.2) is 42.5 Å². The lowest BCUT2D eigenvalue weighted by Gasteiger charge is -2.08. The fourth-order valence-corrected chi connectivity index (χ4v) is 1.83. The molecule has 0 aliphatic carbocycles. The third-order valence-corrected chi connectivity index (χ3v) is 2.90. The highest BCUT2D eigenvalue weighted by Gasteiger charge is 2.30. The van der Waals surface area contributed by atoms with Crippen LogP contribution in [0.1, 0.15) is 20.7 Å². The van der Waals surface area contributed by atoms with Gasteiger partial charge >= 0.3 is 17.6 Å². The van der Waals surface area contributed by atoms with E-state index in [0.29, 0.717) is 12.1 Å². The molecule has 0 spiro atoms. The van der Waals surface area contributed by atoms with Crippen LogP contribution in [0.5, 0.6) is 5.75 Å². The van der Waals surface area contributed by atoms with Crippen molar-refractivity contribution in [3.63, 3.8) is 0 Å². The first-order valence-corrected chi connectivity index (χ1v) is 6.28. The second-order valence-corrected chi connectivity index (χ2v) is 4.42. The van der Waals surface area contributed by atoms with Crippen LogP contribution in [0.3, 0.4) is 0 Å². The van der Waals surface area contributed by atoms with Gasteiger partial charge in [0, 0.05) is 6.07 Å². The van der Waals surface area contributed by atoms with E-state index in [2.05, 4.69) is 0 Å². The summed E-state index contributed by atoms with van der Waals surface area (Å²) < 4.78 is 4.84. The molecule has 2 aromatic rings. The first-order chi connectivity index (χ1) is 11.3. The van der Waals surface area contributed by atoms with Crippen molar-refractivity contribution >= 4 is 23.3 Å². The first kappa shape index (κ1) is 16.5. The molecule has 10 nitrogen and oxygen atoms in total. The van der Waals surface area contributed by atoms with Gasteiger partial charge < -0.3 is 9.84 Å². The van der Waals surface area contributed by atoms with Crippen molar-refractivity contribution in [2.45, 2.75) is 0 Å². The van der Waals surface area contributed by atoms with E-state index in [1.54, 1.807) is 6.07 Å². The Hall–Kier alpha value is -3.82. The molecular weight excluding hydrogens is 324 g/mol. The minimum absolute atomic E-state index is 0.0292. The van der Waals surface area contributed by atoms with Gasteiger partial charge in [-0.1, -0.05) is 18.2 Å². The van der Waals surface area contributed by atoms with E-state index in [4.69, 9.17) is 9.84 Å². The number of carbonyl (C=O) groups is 2. The molecule has 0 heterocycles. The molecule has 0 amide bonds. The molecule has 0 aromatic heterocycles. The van der Waals surface area contributed by atoms with E-state index in [1.165, 1.54) is 24.3 Å². The normalized spacial score (nSPS) is 10.0. The van der Waals surface area contributed by atoms with Crippen LogP contribution in [0.25, 0.3) is 0 Å². The molecular formula is C14H8N2O8. The minimum atomic E-state index is -1.71. The Morgan fingerprint density at radius 3 is 2.12 bits per heavy atom. The first-order valence-electron chi connectivity index (χ1n) is 6.28. The third kappa shape index (κ3) is 3.32. The summed E-state index contributed by atoms with van der Waals surface area (Å²) in [5.74, 6) is -3.61. The summed E-state index contributed by atoms with van der Waals surface area (Å²) in [7, 11) is 0. The topological polar surface area (TPSA) is 150 Å². The summed E-state index contributed by atoms with van der Waals surface area (Å²) in [4.78, 5) is 43.1. The van der Waals surface area contributed by atoms with E-state index >= 15 is 0 Å². The van der Waals surface area contributed by atoms with E-state index in [0.717, 1.165) is 0 Å². The van der Waals surface area contributed by atoms with Gasteiger partial charge in [0.1, 0.15) is 5.56 Å². The van der Waals surface area contributed by atoms with Crippen LogP contribution in [0, 0.1) is 20.2 Å². The van der Waals surface area contributed by atoms with Crippen LogP contribution < -0.4 is 4.74 Å². The number of benzene rings is 2. The fraction of sp³-hybridized carbons (Fsp3) is 0. The minimum Gasteiger partial charge on any atom is -0.478 e. The van der Waals surface area contributed by atoms with Crippen molar-refractivity contribution < 1.29 is 29.3 Å². The molecule has 0 bridgehead atoms. The van der Waals surface area contributed by atoms with Crippen molar-refractivity contribution in [3.05, 3.63) is 73.8 Å². The molecule has 24 heavy (non-hydrogen) atoms. The summed E-state index contributed by atoms with van der Waals surface area (Å²) in [5, 5.41) is 31.0. The average Bonchev–Trinajstić information content (AvgIpc) is 2.54. The number of carbonyl (C=O) groups excluding carboxylic acids is 1. The summed E-state index contributed by atoms with van der Waals surface area (Å²) in [6.07, 6.45) is 0.